The molecule has 3 rings (SSSR count). The molecule has 0 aliphatic carbocycles. The van der Waals surface area contributed by atoms with Crippen molar-refractivity contribution in [2.24, 2.45) is 0 Å². The van der Waals surface area contributed by atoms with E-state index in [0.717, 1.165) is 22.9 Å². The third-order valence-corrected chi connectivity index (χ3v) is 5.04. The van der Waals surface area contributed by atoms with Gasteiger partial charge < -0.3 is 14.4 Å². The summed E-state index contributed by atoms with van der Waals surface area (Å²) in [5.41, 5.74) is 3.92. The fourth-order valence-corrected chi connectivity index (χ4v) is 3.14. The van der Waals surface area contributed by atoms with E-state index in [1.165, 1.54) is 5.56 Å². The molecule has 156 valence electrons. The summed E-state index contributed by atoms with van der Waals surface area (Å²) >= 11 is 0. The van der Waals surface area contributed by atoms with Gasteiger partial charge in [-0.05, 0) is 48.7 Å². The van der Waals surface area contributed by atoms with E-state index in [9.17, 15) is 9.59 Å². The van der Waals surface area contributed by atoms with Gasteiger partial charge in [0.25, 0.3) is 5.91 Å². The smallest absolute Gasteiger partial charge is 0.340 e. The first kappa shape index (κ1) is 21.3. The zero-order valence-corrected chi connectivity index (χ0v) is 17.8. The number of rotatable bonds is 7. The van der Waals surface area contributed by atoms with Crippen molar-refractivity contribution in [1.29, 1.82) is 0 Å². The van der Waals surface area contributed by atoms with E-state index in [1.54, 1.807) is 38.1 Å². The Kier molecular flexibility index (Phi) is 6.67. The first-order chi connectivity index (χ1) is 14.4. The Morgan fingerprint density at radius 3 is 2.40 bits per heavy atom. The van der Waals surface area contributed by atoms with Gasteiger partial charge in [-0.1, -0.05) is 31.2 Å². The highest BCUT2D eigenvalue weighted by Gasteiger charge is 2.17. The maximum atomic E-state index is 12.6. The summed E-state index contributed by atoms with van der Waals surface area (Å²) in [7, 11) is 3.28. The second-order valence-electron chi connectivity index (χ2n) is 7.18. The standard InChI is InChI=1S/C24H26N2O4/c1-5-17-6-8-18(9-7-17)14-26(3)23(27)15-30-24(28)21-13-19-12-20(29-4)10-11-22(19)25-16(21)2/h6-13H,5,14-15H2,1-4H3. The molecule has 0 aliphatic rings. The number of nitrogens with zero attached hydrogens (tertiary/aromatic N) is 2. The Labute approximate surface area is 176 Å². The number of likely N-dealkylation sites (N-methyl/N-ethyl adjacent to an activating group) is 1. The van der Waals surface area contributed by atoms with Gasteiger partial charge >= 0.3 is 5.97 Å². The highest BCUT2D eigenvalue weighted by atomic mass is 16.5. The molecule has 1 amide bonds. The number of aromatic nitrogens is 1. The van der Waals surface area contributed by atoms with Crippen LogP contribution in [0.15, 0.2) is 48.5 Å². The minimum absolute atomic E-state index is 0.268. The SMILES string of the molecule is CCc1ccc(CN(C)C(=O)COC(=O)c2cc3cc(OC)ccc3nc2C)cc1. The Morgan fingerprint density at radius 2 is 1.73 bits per heavy atom. The van der Waals surface area contributed by atoms with E-state index >= 15 is 0 Å². The average molecular weight is 406 g/mol. The Morgan fingerprint density at radius 1 is 1.03 bits per heavy atom. The lowest BCUT2D eigenvalue weighted by molar-refractivity contribution is -0.133. The van der Waals surface area contributed by atoms with Crippen LogP contribution < -0.4 is 4.74 Å². The minimum atomic E-state index is -0.571. The normalized spacial score (nSPS) is 10.7. The second kappa shape index (κ2) is 9.39. The van der Waals surface area contributed by atoms with Gasteiger partial charge in [-0.25, -0.2) is 4.79 Å². The molecular weight excluding hydrogens is 380 g/mol. The summed E-state index contributed by atoms with van der Waals surface area (Å²) in [6, 6.07) is 15.3. The maximum Gasteiger partial charge on any atom is 0.340 e. The van der Waals surface area contributed by atoms with E-state index < -0.39 is 5.97 Å². The predicted octanol–water partition coefficient (Wildman–Crippen LogP) is 3.93. The Hall–Kier alpha value is -3.41. The number of carbonyl (C=O) groups excluding carboxylic acids is 2. The van der Waals surface area contributed by atoms with Crippen molar-refractivity contribution >= 4 is 22.8 Å². The summed E-state index contributed by atoms with van der Waals surface area (Å²) in [5.74, 6) is -0.161. The summed E-state index contributed by atoms with van der Waals surface area (Å²) < 4.78 is 10.5. The lowest BCUT2D eigenvalue weighted by Gasteiger charge is -2.17. The molecule has 0 spiro atoms. The number of hydrogen-bond donors (Lipinski definition) is 0. The van der Waals surface area contributed by atoms with E-state index in [1.807, 2.05) is 24.3 Å². The second-order valence-corrected chi connectivity index (χ2v) is 7.18. The predicted molar refractivity (Wildman–Crippen MR) is 116 cm³/mol. The number of aryl methyl sites for hydroxylation is 2. The number of fused-ring (bicyclic) bond motifs is 1. The highest BCUT2D eigenvalue weighted by Crippen LogP contribution is 2.22. The van der Waals surface area contributed by atoms with Crippen molar-refractivity contribution in [3.63, 3.8) is 0 Å². The molecule has 3 aromatic rings. The van der Waals surface area contributed by atoms with Crippen molar-refractivity contribution in [3.8, 4) is 5.75 Å². The van der Waals surface area contributed by atoms with Crippen LogP contribution in [0.2, 0.25) is 0 Å². The van der Waals surface area contributed by atoms with E-state index in [0.29, 0.717) is 23.6 Å². The molecule has 0 fully saturated rings. The fourth-order valence-electron chi connectivity index (χ4n) is 3.14. The molecule has 30 heavy (non-hydrogen) atoms. The first-order valence-corrected chi connectivity index (χ1v) is 9.85. The number of esters is 1. The van der Waals surface area contributed by atoms with Crippen LogP contribution in [0.3, 0.4) is 0 Å². The van der Waals surface area contributed by atoms with Crippen molar-refractivity contribution in [1.82, 2.24) is 9.88 Å². The molecule has 0 saturated heterocycles. The van der Waals surface area contributed by atoms with Crippen molar-refractivity contribution in [3.05, 3.63) is 70.9 Å². The summed E-state index contributed by atoms with van der Waals surface area (Å²) in [6.07, 6.45) is 0.973. The molecule has 1 heterocycles. The average Bonchev–Trinajstić information content (AvgIpc) is 2.76. The van der Waals surface area contributed by atoms with Gasteiger partial charge in [0.2, 0.25) is 0 Å². The molecule has 0 aliphatic heterocycles. The van der Waals surface area contributed by atoms with Crippen LogP contribution in [0, 0.1) is 6.92 Å². The van der Waals surface area contributed by atoms with E-state index in [4.69, 9.17) is 9.47 Å². The van der Waals surface area contributed by atoms with Gasteiger partial charge in [0.1, 0.15) is 5.75 Å². The molecular formula is C24H26N2O4. The monoisotopic (exact) mass is 406 g/mol. The Bertz CT molecular complexity index is 1060. The third-order valence-electron chi connectivity index (χ3n) is 5.04. The molecule has 0 radical (unpaired) electrons. The number of amides is 1. The van der Waals surface area contributed by atoms with Gasteiger partial charge in [-0.2, -0.15) is 0 Å². The van der Waals surface area contributed by atoms with Gasteiger partial charge in [0.05, 0.1) is 23.9 Å². The number of methoxy groups -OCH3 is 1. The maximum absolute atomic E-state index is 12.6. The lowest BCUT2D eigenvalue weighted by atomic mass is 10.1. The van der Waals surface area contributed by atoms with Crippen LogP contribution >= 0.6 is 0 Å². The summed E-state index contributed by atoms with van der Waals surface area (Å²) in [4.78, 5) is 31.0. The van der Waals surface area contributed by atoms with Crippen molar-refractivity contribution in [2.45, 2.75) is 26.8 Å². The number of hydrogen-bond acceptors (Lipinski definition) is 5. The molecule has 6 heteroatoms. The van der Waals surface area contributed by atoms with Gasteiger partial charge in [-0.15, -0.1) is 0 Å². The lowest BCUT2D eigenvalue weighted by Crippen LogP contribution is -2.31. The van der Waals surface area contributed by atoms with Crippen molar-refractivity contribution < 1.29 is 19.1 Å². The topological polar surface area (TPSA) is 68.7 Å². The highest BCUT2D eigenvalue weighted by molar-refractivity contribution is 5.96. The Balaban J connectivity index is 1.63. The third kappa shape index (κ3) is 4.95. The van der Waals surface area contributed by atoms with Crippen LogP contribution in [0.5, 0.6) is 5.75 Å². The van der Waals surface area contributed by atoms with Crippen LogP contribution in [0.4, 0.5) is 0 Å². The van der Waals surface area contributed by atoms with E-state index in [-0.39, 0.29) is 12.5 Å². The number of ether oxygens (including phenoxy) is 2. The molecule has 0 saturated carbocycles. The first-order valence-electron chi connectivity index (χ1n) is 9.85. The van der Waals surface area contributed by atoms with Gasteiger partial charge in [-0.3, -0.25) is 9.78 Å². The molecule has 1 aromatic heterocycles. The minimum Gasteiger partial charge on any atom is -0.497 e. The quantitative estimate of drug-likeness (QED) is 0.556. The molecule has 6 nitrogen and oxygen atoms in total. The fraction of sp³-hybridized carbons (Fsp3) is 0.292. The number of carbonyl (C=O) groups is 2. The zero-order valence-electron chi connectivity index (χ0n) is 17.8. The molecule has 0 N–H and O–H groups in total. The number of benzene rings is 2. The number of pyridine rings is 1. The molecule has 2 aromatic carbocycles. The zero-order chi connectivity index (χ0) is 21.7. The molecule has 0 atom stereocenters. The van der Waals surface area contributed by atoms with Crippen LogP contribution in [0.1, 0.15) is 34.1 Å². The van der Waals surface area contributed by atoms with E-state index in [2.05, 4.69) is 24.0 Å². The molecule has 0 unspecified atom stereocenters. The summed E-state index contributed by atoms with van der Waals surface area (Å²) in [5, 5.41) is 0.769. The largest absolute Gasteiger partial charge is 0.497 e. The summed E-state index contributed by atoms with van der Waals surface area (Å²) in [6.45, 7) is 3.98. The van der Waals surface area contributed by atoms with Crippen LogP contribution in [0.25, 0.3) is 10.9 Å². The van der Waals surface area contributed by atoms with Gasteiger partial charge in [0.15, 0.2) is 6.61 Å². The van der Waals surface area contributed by atoms with Crippen LogP contribution in [-0.2, 0) is 22.5 Å². The van der Waals surface area contributed by atoms with Gasteiger partial charge in [0, 0.05) is 19.0 Å². The molecule has 0 bridgehead atoms. The van der Waals surface area contributed by atoms with Crippen LogP contribution in [-0.4, -0.2) is 42.5 Å². The van der Waals surface area contributed by atoms with Crippen molar-refractivity contribution in [2.75, 3.05) is 20.8 Å².